The van der Waals surface area contributed by atoms with Crippen molar-refractivity contribution >= 4 is 12.2 Å². The summed E-state index contributed by atoms with van der Waals surface area (Å²) in [5.41, 5.74) is 0. The van der Waals surface area contributed by atoms with Gasteiger partial charge in [-0.05, 0) is 31.5 Å². The summed E-state index contributed by atoms with van der Waals surface area (Å²) >= 11 is 5.25. The Bertz CT molecular complexity index is 348. The highest BCUT2D eigenvalue weighted by Gasteiger charge is 2.14. The molecule has 1 aromatic heterocycles. The molecule has 1 aromatic rings. The molecule has 0 aliphatic carbocycles. The molecular formula is C9H17N4S+. The number of hydrogen-bond acceptors (Lipinski definition) is 2. The fraction of sp³-hybridized carbons (Fsp3) is 0.778. The van der Waals surface area contributed by atoms with E-state index in [0.717, 1.165) is 11.4 Å². The molecule has 1 N–H and O–H groups in total. The average molecular weight is 213 g/mol. The minimum atomic E-state index is 0.822. The molecule has 0 saturated carbocycles. The van der Waals surface area contributed by atoms with Crippen molar-refractivity contribution in [3.8, 4) is 0 Å². The van der Waals surface area contributed by atoms with E-state index in [1.807, 2.05) is 16.3 Å². The molecule has 78 valence electrons. The minimum Gasteiger partial charge on any atom is -0.316 e. The van der Waals surface area contributed by atoms with Gasteiger partial charge < -0.3 is 9.47 Å². The fourth-order valence-corrected chi connectivity index (χ4v) is 2.11. The zero-order valence-corrected chi connectivity index (χ0v) is 9.39. The van der Waals surface area contributed by atoms with E-state index >= 15 is 0 Å². The summed E-state index contributed by atoms with van der Waals surface area (Å²) in [6.07, 6.45) is 5.85. The van der Waals surface area contributed by atoms with Crippen LogP contribution < -0.4 is 4.90 Å². The average Bonchev–Trinajstić information content (AvgIpc) is 2.52. The molecule has 0 bridgehead atoms. The third-order valence-electron chi connectivity index (χ3n) is 2.82. The van der Waals surface area contributed by atoms with Crippen molar-refractivity contribution < 1.29 is 4.90 Å². The lowest BCUT2D eigenvalue weighted by molar-refractivity contribution is -0.928. The van der Waals surface area contributed by atoms with Crippen LogP contribution in [-0.4, -0.2) is 27.4 Å². The highest BCUT2D eigenvalue weighted by molar-refractivity contribution is 7.71. The van der Waals surface area contributed by atoms with E-state index in [2.05, 4.69) is 5.10 Å². The maximum absolute atomic E-state index is 5.25. The Balaban J connectivity index is 2.02. The zero-order valence-electron chi connectivity index (χ0n) is 8.57. The molecule has 0 atom stereocenters. The first-order chi connectivity index (χ1) is 6.77. The van der Waals surface area contributed by atoms with Crippen LogP contribution in [-0.2, 0) is 13.7 Å². The van der Waals surface area contributed by atoms with E-state index < -0.39 is 0 Å². The number of hydrogen-bond donors (Lipinski definition) is 1. The monoisotopic (exact) mass is 213 g/mol. The number of likely N-dealkylation sites (tertiary alicyclic amines) is 1. The fourth-order valence-electron chi connectivity index (χ4n) is 1.95. The van der Waals surface area contributed by atoms with Gasteiger partial charge in [0.2, 0.25) is 4.77 Å². The van der Waals surface area contributed by atoms with Crippen LogP contribution in [0, 0.1) is 4.77 Å². The quantitative estimate of drug-likeness (QED) is 0.699. The Morgan fingerprint density at radius 1 is 1.43 bits per heavy atom. The van der Waals surface area contributed by atoms with Crippen molar-refractivity contribution in [1.82, 2.24) is 14.3 Å². The van der Waals surface area contributed by atoms with Crippen LogP contribution >= 0.6 is 12.2 Å². The molecule has 4 nitrogen and oxygen atoms in total. The van der Waals surface area contributed by atoms with Crippen LogP contribution in [0.15, 0.2) is 6.33 Å². The van der Waals surface area contributed by atoms with Crippen LogP contribution in [0.5, 0.6) is 0 Å². The number of aryl methyl sites for hydroxylation is 1. The topological polar surface area (TPSA) is 27.2 Å². The zero-order chi connectivity index (χ0) is 9.97. The van der Waals surface area contributed by atoms with E-state index in [4.69, 9.17) is 12.2 Å². The van der Waals surface area contributed by atoms with Crippen LogP contribution in [0.25, 0.3) is 0 Å². The largest absolute Gasteiger partial charge is 0.316 e. The highest BCUT2D eigenvalue weighted by atomic mass is 32.1. The second-order valence-corrected chi connectivity index (χ2v) is 4.36. The lowest BCUT2D eigenvalue weighted by Crippen LogP contribution is -3.12. The second-order valence-electron chi connectivity index (χ2n) is 3.99. The van der Waals surface area contributed by atoms with Gasteiger partial charge in [0.15, 0.2) is 6.67 Å². The Morgan fingerprint density at radius 3 is 2.71 bits per heavy atom. The Hall–Kier alpha value is -0.680. The predicted octanol–water partition coefficient (Wildman–Crippen LogP) is -0.0226. The molecule has 2 rings (SSSR count). The minimum absolute atomic E-state index is 0.822. The molecule has 0 radical (unpaired) electrons. The van der Waals surface area contributed by atoms with Gasteiger partial charge in [-0.1, -0.05) is 0 Å². The lowest BCUT2D eigenvalue weighted by atomic mass is 10.1. The lowest BCUT2D eigenvalue weighted by Gasteiger charge is -2.22. The second kappa shape index (κ2) is 4.23. The van der Waals surface area contributed by atoms with E-state index in [9.17, 15) is 0 Å². The third-order valence-corrected chi connectivity index (χ3v) is 3.32. The molecule has 1 aliphatic heterocycles. The first-order valence-electron chi connectivity index (χ1n) is 5.19. The molecular weight excluding hydrogens is 196 g/mol. The van der Waals surface area contributed by atoms with Crippen LogP contribution in [0.2, 0.25) is 0 Å². The summed E-state index contributed by atoms with van der Waals surface area (Å²) < 4.78 is 4.64. The molecule has 1 saturated heterocycles. The van der Waals surface area contributed by atoms with Gasteiger partial charge in [0.05, 0.1) is 13.1 Å². The molecule has 5 heteroatoms. The van der Waals surface area contributed by atoms with Gasteiger partial charge in [-0.2, -0.15) is 9.78 Å². The van der Waals surface area contributed by atoms with Gasteiger partial charge in [0, 0.05) is 7.05 Å². The maximum atomic E-state index is 5.25. The highest BCUT2D eigenvalue weighted by Crippen LogP contribution is 1.95. The standard InChI is InChI=1S/C9H16N4S/c1-11-7-10-13(9(11)14)8-12-5-3-2-4-6-12/h7H,2-6,8H2,1H3/p+1. The molecule has 1 aliphatic rings. The van der Waals surface area contributed by atoms with Gasteiger partial charge in [-0.25, -0.2) is 0 Å². The van der Waals surface area contributed by atoms with Crippen LogP contribution in [0.1, 0.15) is 19.3 Å². The van der Waals surface area contributed by atoms with Gasteiger partial charge >= 0.3 is 0 Å². The summed E-state index contributed by atoms with van der Waals surface area (Å²) in [5, 5.41) is 4.26. The Kier molecular flexibility index (Phi) is 2.98. The molecule has 2 heterocycles. The van der Waals surface area contributed by atoms with Crippen LogP contribution in [0.3, 0.4) is 0 Å². The molecule has 0 amide bonds. The smallest absolute Gasteiger partial charge is 0.202 e. The summed E-state index contributed by atoms with van der Waals surface area (Å²) in [5.74, 6) is 0. The van der Waals surface area contributed by atoms with E-state index in [1.165, 1.54) is 32.4 Å². The number of rotatable bonds is 2. The number of quaternary nitrogens is 1. The number of nitrogens with one attached hydrogen (secondary N) is 1. The van der Waals surface area contributed by atoms with Gasteiger partial charge in [0.25, 0.3) is 0 Å². The summed E-state index contributed by atoms with van der Waals surface area (Å²) in [6, 6.07) is 0. The van der Waals surface area contributed by atoms with E-state index in [0.29, 0.717) is 0 Å². The van der Waals surface area contributed by atoms with Crippen molar-refractivity contribution in [3.05, 3.63) is 11.1 Å². The Labute approximate surface area is 89.1 Å². The molecule has 0 spiro atoms. The van der Waals surface area contributed by atoms with Crippen molar-refractivity contribution in [3.63, 3.8) is 0 Å². The number of nitrogens with zero attached hydrogens (tertiary/aromatic N) is 3. The number of aromatic nitrogens is 3. The van der Waals surface area contributed by atoms with Crippen molar-refractivity contribution in [2.45, 2.75) is 25.9 Å². The summed E-state index contributed by atoms with van der Waals surface area (Å²) in [4.78, 5) is 1.60. The van der Waals surface area contributed by atoms with Crippen molar-refractivity contribution in [1.29, 1.82) is 0 Å². The molecule has 1 fully saturated rings. The molecule has 14 heavy (non-hydrogen) atoms. The van der Waals surface area contributed by atoms with E-state index in [-0.39, 0.29) is 0 Å². The first-order valence-corrected chi connectivity index (χ1v) is 5.60. The van der Waals surface area contributed by atoms with Crippen molar-refractivity contribution in [2.24, 2.45) is 7.05 Å². The van der Waals surface area contributed by atoms with E-state index in [1.54, 1.807) is 11.2 Å². The van der Waals surface area contributed by atoms with Gasteiger partial charge in [-0.3, -0.25) is 0 Å². The SMILES string of the molecule is Cn1cnn(C[NH+]2CCCCC2)c1=S. The third kappa shape index (κ3) is 2.04. The summed E-state index contributed by atoms with van der Waals surface area (Å²) in [6.45, 7) is 3.45. The number of piperidine rings is 1. The molecule has 0 aromatic carbocycles. The normalized spacial score (nSPS) is 18.6. The van der Waals surface area contributed by atoms with Crippen LogP contribution in [0.4, 0.5) is 0 Å². The summed E-state index contributed by atoms with van der Waals surface area (Å²) in [7, 11) is 1.94. The van der Waals surface area contributed by atoms with Gasteiger partial charge in [0.1, 0.15) is 6.33 Å². The molecule has 0 unspecified atom stereocenters. The first kappa shape index (κ1) is 9.86. The van der Waals surface area contributed by atoms with Crippen molar-refractivity contribution in [2.75, 3.05) is 13.1 Å². The predicted molar refractivity (Wildman–Crippen MR) is 56.6 cm³/mol. The Morgan fingerprint density at radius 2 is 2.14 bits per heavy atom. The maximum Gasteiger partial charge on any atom is 0.202 e. The van der Waals surface area contributed by atoms with Gasteiger partial charge in [-0.15, -0.1) is 0 Å².